The number of nitrogens with zero attached hydrogens (tertiary/aromatic N) is 2. The van der Waals surface area contributed by atoms with Gasteiger partial charge in [0.1, 0.15) is 12.6 Å². The second-order valence-corrected chi connectivity index (χ2v) is 11.0. The number of halogens is 1. The third kappa shape index (κ3) is 5.87. The molecule has 1 aliphatic heterocycles. The van der Waals surface area contributed by atoms with Crippen molar-refractivity contribution in [3.05, 3.63) is 113 Å². The average Bonchev–Trinajstić information content (AvgIpc) is 3.23. The van der Waals surface area contributed by atoms with E-state index in [0.29, 0.717) is 29.2 Å². The molecule has 0 saturated heterocycles. The van der Waals surface area contributed by atoms with E-state index in [1.165, 1.54) is 4.90 Å². The zero-order chi connectivity index (χ0) is 28.2. The molecule has 4 aromatic rings. The highest BCUT2D eigenvalue weighted by Gasteiger charge is 2.35. The topological polar surface area (TPSA) is 69.7 Å². The number of anilines is 1. The van der Waals surface area contributed by atoms with Crippen LogP contribution in [0, 0.1) is 5.92 Å². The highest BCUT2D eigenvalue weighted by molar-refractivity contribution is 6.30. The molecule has 1 aliphatic rings. The molecular weight excluding hydrogens is 522 g/mol. The maximum atomic E-state index is 14.2. The first kappa shape index (κ1) is 27.4. The van der Waals surface area contributed by atoms with Crippen LogP contribution in [0.15, 0.2) is 91.0 Å². The number of rotatable bonds is 10. The number of hydrogen-bond acceptors (Lipinski definition) is 3. The summed E-state index contributed by atoms with van der Waals surface area (Å²) >= 11 is 6.13. The fourth-order valence-electron chi connectivity index (χ4n) is 5.13. The summed E-state index contributed by atoms with van der Waals surface area (Å²) in [7, 11) is 0. The Morgan fingerprint density at radius 1 is 0.875 bits per heavy atom. The van der Waals surface area contributed by atoms with Crippen LogP contribution < -0.4 is 10.2 Å². The van der Waals surface area contributed by atoms with Crippen molar-refractivity contribution in [2.75, 3.05) is 18.0 Å². The van der Waals surface area contributed by atoms with Gasteiger partial charge in [0.2, 0.25) is 11.8 Å². The van der Waals surface area contributed by atoms with Crippen molar-refractivity contribution < 1.29 is 14.4 Å². The van der Waals surface area contributed by atoms with Crippen LogP contribution in [-0.2, 0) is 22.6 Å². The molecule has 40 heavy (non-hydrogen) atoms. The highest BCUT2D eigenvalue weighted by atomic mass is 35.5. The number of nitrogens with one attached hydrogen (secondary N) is 1. The summed E-state index contributed by atoms with van der Waals surface area (Å²) in [4.78, 5) is 44.4. The van der Waals surface area contributed by atoms with Crippen LogP contribution in [-0.4, -0.2) is 41.8 Å². The van der Waals surface area contributed by atoms with E-state index in [4.69, 9.17) is 11.6 Å². The summed E-state index contributed by atoms with van der Waals surface area (Å²) in [5.41, 5.74) is 3.07. The Kier molecular flexibility index (Phi) is 8.17. The molecule has 6 nitrogen and oxygen atoms in total. The Morgan fingerprint density at radius 2 is 1.57 bits per heavy atom. The van der Waals surface area contributed by atoms with Crippen LogP contribution in [0.1, 0.15) is 35.3 Å². The lowest BCUT2D eigenvalue weighted by Crippen LogP contribution is -2.53. The molecule has 0 saturated carbocycles. The first-order valence-electron chi connectivity index (χ1n) is 13.5. The number of benzene rings is 4. The van der Waals surface area contributed by atoms with Crippen molar-refractivity contribution in [1.29, 1.82) is 0 Å². The molecule has 0 fully saturated rings. The number of carbonyl (C=O) groups excluding carboxylic acids is 3. The van der Waals surface area contributed by atoms with Gasteiger partial charge < -0.3 is 10.2 Å². The minimum Gasteiger partial charge on any atom is -0.354 e. The molecule has 1 N–H and O–H groups in total. The van der Waals surface area contributed by atoms with Gasteiger partial charge in [-0.2, -0.15) is 0 Å². The first-order valence-corrected chi connectivity index (χ1v) is 13.9. The molecule has 7 heteroatoms. The summed E-state index contributed by atoms with van der Waals surface area (Å²) in [6.45, 7) is 4.57. The monoisotopic (exact) mass is 553 g/mol. The smallest absolute Gasteiger partial charge is 0.259 e. The van der Waals surface area contributed by atoms with Gasteiger partial charge in [0.15, 0.2) is 0 Å². The third-order valence-electron chi connectivity index (χ3n) is 7.16. The van der Waals surface area contributed by atoms with Crippen molar-refractivity contribution in [2.45, 2.75) is 32.9 Å². The van der Waals surface area contributed by atoms with Crippen molar-refractivity contribution in [3.8, 4) is 0 Å². The van der Waals surface area contributed by atoms with Crippen LogP contribution >= 0.6 is 11.6 Å². The highest BCUT2D eigenvalue weighted by Crippen LogP contribution is 2.37. The summed E-state index contributed by atoms with van der Waals surface area (Å²) in [5, 5.41) is 5.42. The van der Waals surface area contributed by atoms with E-state index in [9.17, 15) is 14.4 Å². The second-order valence-electron chi connectivity index (χ2n) is 10.6. The van der Waals surface area contributed by atoms with Gasteiger partial charge in [0, 0.05) is 35.5 Å². The van der Waals surface area contributed by atoms with Gasteiger partial charge in [-0.25, -0.2) is 0 Å². The number of hydrogen-bond donors (Lipinski definition) is 1. The number of amides is 3. The normalized spacial score (nSPS) is 13.1. The summed E-state index contributed by atoms with van der Waals surface area (Å²) in [5.74, 6) is -0.495. The predicted octanol–water partition coefficient (Wildman–Crippen LogP) is 5.87. The molecule has 204 valence electrons. The average molecular weight is 554 g/mol. The molecular formula is C33H32ClN3O3. The third-order valence-corrected chi connectivity index (χ3v) is 7.42. The van der Waals surface area contributed by atoms with Crippen LogP contribution in [0.5, 0.6) is 0 Å². The summed E-state index contributed by atoms with van der Waals surface area (Å²) < 4.78 is 0. The fraction of sp³-hybridized carbons (Fsp3) is 0.242. The Morgan fingerprint density at radius 3 is 2.27 bits per heavy atom. The molecule has 4 aromatic carbocycles. The van der Waals surface area contributed by atoms with Gasteiger partial charge in [0.05, 0.1) is 5.69 Å². The molecule has 0 spiro atoms. The van der Waals surface area contributed by atoms with Gasteiger partial charge in [0.25, 0.3) is 5.91 Å². The minimum absolute atomic E-state index is 0.178. The lowest BCUT2D eigenvalue weighted by Gasteiger charge is -2.33. The molecule has 1 atom stereocenters. The van der Waals surface area contributed by atoms with E-state index >= 15 is 0 Å². The molecule has 0 aromatic heterocycles. The van der Waals surface area contributed by atoms with Gasteiger partial charge in [-0.1, -0.05) is 92.2 Å². The van der Waals surface area contributed by atoms with E-state index in [2.05, 4.69) is 5.32 Å². The van der Waals surface area contributed by atoms with Gasteiger partial charge in [-0.3, -0.25) is 19.3 Å². The molecule has 0 radical (unpaired) electrons. The summed E-state index contributed by atoms with van der Waals surface area (Å²) in [6, 6.07) is 27.5. The van der Waals surface area contributed by atoms with Gasteiger partial charge >= 0.3 is 0 Å². The number of carbonyl (C=O) groups is 3. The van der Waals surface area contributed by atoms with Crippen molar-refractivity contribution in [2.24, 2.45) is 5.92 Å². The maximum Gasteiger partial charge on any atom is 0.259 e. The SMILES string of the molecule is CC(C)CNC(=O)[C@@H](Cc1ccccc1)N(Cc1ccc(Cl)cc1)C(=O)CN1C(=O)c2cccc3cccc1c23. The van der Waals surface area contributed by atoms with Gasteiger partial charge in [-0.15, -0.1) is 0 Å². The predicted molar refractivity (Wildman–Crippen MR) is 159 cm³/mol. The van der Waals surface area contributed by atoms with E-state index in [-0.39, 0.29) is 36.7 Å². The standard InChI is InChI=1S/C33H32ClN3O3/c1-22(2)19-35-32(39)29(18-23-8-4-3-5-9-23)36(20-24-14-16-26(34)17-15-24)30(38)21-37-28-13-7-11-25-10-6-12-27(31(25)28)33(37)40/h3-17,22,29H,18-21H2,1-2H3,(H,35,39)/t29-/m1/s1. The van der Waals surface area contributed by atoms with Crippen LogP contribution in [0.4, 0.5) is 5.69 Å². The molecule has 0 bridgehead atoms. The molecule has 1 heterocycles. The van der Waals surface area contributed by atoms with Crippen LogP contribution in [0.3, 0.4) is 0 Å². The first-order chi connectivity index (χ1) is 19.3. The molecule has 0 aliphatic carbocycles. The molecule has 3 amide bonds. The largest absolute Gasteiger partial charge is 0.354 e. The lowest BCUT2D eigenvalue weighted by molar-refractivity contribution is -0.140. The second kappa shape index (κ2) is 11.9. The Labute approximate surface area is 239 Å². The van der Waals surface area contributed by atoms with Crippen molar-refractivity contribution in [3.63, 3.8) is 0 Å². The zero-order valence-corrected chi connectivity index (χ0v) is 23.4. The van der Waals surface area contributed by atoms with E-state index in [1.807, 2.05) is 86.6 Å². The van der Waals surface area contributed by atoms with E-state index < -0.39 is 6.04 Å². The summed E-state index contributed by atoms with van der Waals surface area (Å²) in [6.07, 6.45) is 0.341. The quantitative estimate of drug-likeness (QED) is 0.267. The molecule has 5 rings (SSSR count). The van der Waals surface area contributed by atoms with Crippen molar-refractivity contribution >= 4 is 45.8 Å². The van der Waals surface area contributed by atoms with Gasteiger partial charge in [-0.05, 0) is 46.7 Å². The minimum atomic E-state index is -0.778. The van der Waals surface area contributed by atoms with Crippen molar-refractivity contribution in [1.82, 2.24) is 10.2 Å². The Hall–Kier alpha value is -4.16. The molecule has 0 unspecified atom stereocenters. The van der Waals surface area contributed by atoms with E-state index in [1.54, 1.807) is 23.1 Å². The van der Waals surface area contributed by atoms with Crippen LogP contribution in [0.2, 0.25) is 5.02 Å². The Balaban J connectivity index is 1.50. The van der Waals surface area contributed by atoms with Crippen LogP contribution in [0.25, 0.3) is 10.8 Å². The lowest BCUT2D eigenvalue weighted by atomic mass is 10.0. The Bertz CT molecular complexity index is 1530. The van der Waals surface area contributed by atoms with E-state index in [0.717, 1.165) is 21.9 Å². The fourth-order valence-corrected chi connectivity index (χ4v) is 5.25. The maximum absolute atomic E-state index is 14.2. The zero-order valence-electron chi connectivity index (χ0n) is 22.6.